The van der Waals surface area contributed by atoms with Crippen LogP contribution in [0.1, 0.15) is 35.5 Å². The second-order valence-electron chi connectivity index (χ2n) is 8.14. The molecule has 2 atom stereocenters. The van der Waals surface area contributed by atoms with Gasteiger partial charge in [-0.05, 0) is 88.2 Å². The molecular weight excluding hydrogens is 428 g/mol. The molecule has 3 heterocycles. The highest BCUT2D eigenvalue weighted by molar-refractivity contribution is 7.80. The summed E-state index contributed by atoms with van der Waals surface area (Å²) in [6, 6.07) is 15.7. The summed E-state index contributed by atoms with van der Waals surface area (Å²) < 4.78 is 6.41. The summed E-state index contributed by atoms with van der Waals surface area (Å²) in [7, 11) is 4.17. The van der Waals surface area contributed by atoms with E-state index in [1.165, 1.54) is 0 Å². The first-order valence-electron chi connectivity index (χ1n) is 10.4. The molecule has 1 aliphatic rings. The highest BCUT2D eigenvalue weighted by atomic mass is 35.5. The van der Waals surface area contributed by atoms with Crippen molar-refractivity contribution in [2.75, 3.05) is 27.2 Å². The van der Waals surface area contributed by atoms with Crippen LogP contribution in [0, 0.1) is 6.92 Å². The Morgan fingerprint density at radius 2 is 2.03 bits per heavy atom. The third kappa shape index (κ3) is 4.76. The van der Waals surface area contributed by atoms with E-state index in [9.17, 15) is 0 Å². The Morgan fingerprint density at radius 3 is 2.77 bits per heavy atom. The Hall–Kier alpha value is -2.41. The number of aromatic nitrogens is 1. The van der Waals surface area contributed by atoms with Crippen LogP contribution in [-0.2, 0) is 0 Å². The van der Waals surface area contributed by atoms with Crippen LogP contribution < -0.4 is 5.32 Å². The van der Waals surface area contributed by atoms with Crippen molar-refractivity contribution < 1.29 is 4.42 Å². The summed E-state index contributed by atoms with van der Waals surface area (Å²) in [6.07, 6.45) is 2.82. The molecule has 1 aromatic carbocycles. The fourth-order valence-corrected chi connectivity index (χ4v) is 4.53. The standard InChI is InChI=1S/C24H27ClN4OS/c1-16-8-9-17(25)15-18(16)20-10-11-21(30-20)23-22(19-7-4-5-12-26-19)27-24(31)29(23)14-6-13-28(2)3/h4-5,7-12,15,22-23H,6,13-14H2,1-3H3,(H,27,31)/t22-,23+/m1/s1. The van der Waals surface area contributed by atoms with E-state index >= 15 is 0 Å². The van der Waals surface area contributed by atoms with Gasteiger partial charge in [-0.1, -0.05) is 23.7 Å². The van der Waals surface area contributed by atoms with Crippen molar-refractivity contribution in [3.63, 3.8) is 0 Å². The lowest BCUT2D eigenvalue weighted by Crippen LogP contribution is -2.32. The first kappa shape index (κ1) is 21.8. The molecule has 0 amide bonds. The Morgan fingerprint density at radius 1 is 1.19 bits per heavy atom. The normalized spacial score (nSPS) is 18.6. The van der Waals surface area contributed by atoms with Gasteiger partial charge < -0.3 is 19.5 Å². The Kier molecular flexibility index (Phi) is 6.60. The maximum absolute atomic E-state index is 6.41. The molecule has 162 valence electrons. The number of nitrogens with one attached hydrogen (secondary N) is 1. The first-order valence-corrected chi connectivity index (χ1v) is 11.2. The van der Waals surface area contributed by atoms with Crippen molar-refractivity contribution in [2.45, 2.75) is 25.4 Å². The SMILES string of the molecule is Cc1ccc(Cl)cc1-c1ccc([C@H]2[C@@H](c3ccccn3)NC(=S)N2CCCN(C)C)o1. The lowest BCUT2D eigenvalue weighted by Gasteiger charge is -2.26. The zero-order valence-electron chi connectivity index (χ0n) is 18.0. The molecule has 0 saturated carbocycles. The van der Waals surface area contributed by atoms with Gasteiger partial charge in [0.05, 0.1) is 11.7 Å². The van der Waals surface area contributed by atoms with E-state index < -0.39 is 0 Å². The van der Waals surface area contributed by atoms with Crippen LogP contribution in [0.3, 0.4) is 0 Å². The lowest BCUT2D eigenvalue weighted by molar-refractivity contribution is 0.261. The molecule has 0 radical (unpaired) electrons. The van der Waals surface area contributed by atoms with E-state index in [0.29, 0.717) is 5.02 Å². The van der Waals surface area contributed by atoms with Gasteiger partial charge in [-0.25, -0.2) is 0 Å². The molecule has 31 heavy (non-hydrogen) atoms. The van der Waals surface area contributed by atoms with Crippen molar-refractivity contribution in [3.8, 4) is 11.3 Å². The van der Waals surface area contributed by atoms with Gasteiger partial charge in [0.1, 0.15) is 17.6 Å². The maximum Gasteiger partial charge on any atom is 0.170 e. The van der Waals surface area contributed by atoms with Gasteiger partial charge in [-0.2, -0.15) is 0 Å². The predicted octanol–water partition coefficient (Wildman–Crippen LogP) is 5.23. The molecule has 2 aromatic heterocycles. The quantitative estimate of drug-likeness (QED) is 0.493. The smallest absolute Gasteiger partial charge is 0.170 e. The lowest BCUT2D eigenvalue weighted by atomic mass is 10.0. The highest BCUT2D eigenvalue weighted by Crippen LogP contribution is 2.41. The summed E-state index contributed by atoms with van der Waals surface area (Å²) in [6.45, 7) is 3.89. The van der Waals surface area contributed by atoms with Crippen molar-refractivity contribution in [1.29, 1.82) is 0 Å². The maximum atomic E-state index is 6.41. The van der Waals surface area contributed by atoms with E-state index in [-0.39, 0.29) is 12.1 Å². The molecule has 1 saturated heterocycles. The average molecular weight is 455 g/mol. The summed E-state index contributed by atoms with van der Waals surface area (Å²) in [5.74, 6) is 1.67. The molecule has 0 spiro atoms. The summed E-state index contributed by atoms with van der Waals surface area (Å²) >= 11 is 12.0. The zero-order valence-corrected chi connectivity index (χ0v) is 19.6. The number of rotatable bonds is 7. The van der Waals surface area contributed by atoms with Crippen molar-refractivity contribution >= 4 is 28.9 Å². The third-order valence-corrected chi connectivity index (χ3v) is 6.17. The highest BCUT2D eigenvalue weighted by Gasteiger charge is 2.41. The summed E-state index contributed by atoms with van der Waals surface area (Å²) in [5, 5.41) is 4.90. The number of hydrogen-bond acceptors (Lipinski definition) is 4. The number of furan rings is 1. The van der Waals surface area contributed by atoms with Gasteiger partial charge in [0.25, 0.3) is 0 Å². The molecule has 0 unspecified atom stereocenters. The molecule has 1 N–H and O–H groups in total. The Labute approximate surface area is 194 Å². The topological polar surface area (TPSA) is 44.5 Å². The van der Waals surface area contributed by atoms with Crippen LogP contribution in [0.5, 0.6) is 0 Å². The molecule has 0 bridgehead atoms. The van der Waals surface area contributed by atoms with Crippen molar-refractivity contribution in [2.24, 2.45) is 0 Å². The van der Waals surface area contributed by atoms with E-state index in [1.54, 1.807) is 0 Å². The van der Waals surface area contributed by atoms with Gasteiger partial charge in [-0.15, -0.1) is 0 Å². The fraction of sp³-hybridized carbons (Fsp3) is 0.333. The second-order valence-corrected chi connectivity index (χ2v) is 8.96. The van der Waals surface area contributed by atoms with Crippen LogP contribution in [0.2, 0.25) is 5.02 Å². The van der Waals surface area contributed by atoms with Gasteiger partial charge >= 0.3 is 0 Å². The number of nitrogens with zero attached hydrogens (tertiary/aromatic N) is 3. The van der Waals surface area contributed by atoms with Gasteiger partial charge in [0, 0.05) is 23.3 Å². The predicted molar refractivity (Wildman–Crippen MR) is 129 cm³/mol. The minimum Gasteiger partial charge on any atom is -0.459 e. The van der Waals surface area contributed by atoms with Crippen LogP contribution in [-0.4, -0.2) is 47.1 Å². The largest absolute Gasteiger partial charge is 0.459 e. The molecular formula is C24H27ClN4OS. The Balaban J connectivity index is 1.69. The molecule has 1 aliphatic heterocycles. The zero-order chi connectivity index (χ0) is 22.0. The van der Waals surface area contributed by atoms with Crippen LogP contribution >= 0.6 is 23.8 Å². The fourth-order valence-electron chi connectivity index (χ4n) is 4.03. The average Bonchev–Trinajstić information content (AvgIpc) is 3.35. The molecule has 7 heteroatoms. The number of aryl methyl sites for hydroxylation is 1. The van der Waals surface area contributed by atoms with E-state index in [1.807, 2.05) is 54.7 Å². The number of benzene rings is 1. The third-order valence-electron chi connectivity index (χ3n) is 5.59. The van der Waals surface area contributed by atoms with Crippen molar-refractivity contribution in [1.82, 2.24) is 20.1 Å². The monoisotopic (exact) mass is 454 g/mol. The molecule has 5 nitrogen and oxygen atoms in total. The van der Waals surface area contributed by atoms with E-state index in [4.69, 9.17) is 28.2 Å². The van der Waals surface area contributed by atoms with Crippen LogP contribution in [0.4, 0.5) is 0 Å². The number of thiocarbonyl (C=S) groups is 1. The second kappa shape index (κ2) is 9.39. The van der Waals surface area contributed by atoms with Crippen LogP contribution in [0.25, 0.3) is 11.3 Å². The summed E-state index contributed by atoms with van der Waals surface area (Å²) in [4.78, 5) is 9.00. The molecule has 4 rings (SSSR count). The summed E-state index contributed by atoms with van der Waals surface area (Å²) in [5.41, 5.74) is 3.07. The molecule has 1 fully saturated rings. The molecule has 3 aromatic rings. The number of hydrogen-bond donors (Lipinski definition) is 1. The van der Waals surface area contributed by atoms with Crippen molar-refractivity contribution in [3.05, 3.63) is 76.8 Å². The van der Waals surface area contributed by atoms with Gasteiger partial charge in [-0.3, -0.25) is 4.98 Å². The number of pyridine rings is 1. The van der Waals surface area contributed by atoms with Gasteiger partial charge in [0.2, 0.25) is 0 Å². The van der Waals surface area contributed by atoms with E-state index in [2.05, 4.69) is 41.1 Å². The number of halogens is 1. The minimum absolute atomic E-state index is 0.0715. The first-order chi connectivity index (χ1) is 14.9. The van der Waals surface area contributed by atoms with Gasteiger partial charge in [0.15, 0.2) is 5.11 Å². The Bertz CT molecular complexity index is 1050. The molecule has 0 aliphatic carbocycles. The minimum atomic E-state index is -0.0764. The van der Waals surface area contributed by atoms with Crippen LogP contribution in [0.15, 0.2) is 59.1 Å². The van der Waals surface area contributed by atoms with E-state index in [0.717, 1.165) is 53.0 Å².